The van der Waals surface area contributed by atoms with Gasteiger partial charge in [0, 0.05) is 19.9 Å². The average Bonchev–Trinajstić information content (AvgIpc) is 2.68. The predicted octanol–water partition coefficient (Wildman–Crippen LogP) is 6.28. The minimum absolute atomic E-state index is 0.0749. The van der Waals surface area contributed by atoms with Crippen LogP contribution in [-0.4, -0.2) is 22.0 Å². The monoisotopic (exact) mass is 533 g/mol. The highest BCUT2D eigenvalue weighted by atomic mass is 79.9. The molecule has 0 saturated carbocycles. The molecule has 0 aliphatic heterocycles. The summed E-state index contributed by atoms with van der Waals surface area (Å²) in [6.45, 7) is 10.1. The van der Waals surface area contributed by atoms with E-state index in [-0.39, 0.29) is 17.1 Å². The molecule has 7 heteroatoms. The summed E-state index contributed by atoms with van der Waals surface area (Å²) in [7, 11) is 0. The van der Waals surface area contributed by atoms with Crippen molar-refractivity contribution in [2.45, 2.75) is 52.6 Å². The Morgan fingerprint density at radius 2 is 1.83 bits per heavy atom. The summed E-state index contributed by atoms with van der Waals surface area (Å²) in [4.78, 5) is 18.0. The lowest BCUT2D eigenvalue weighted by Crippen LogP contribution is -2.29. The zero-order valence-corrected chi connectivity index (χ0v) is 20.9. The smallest absolute Gasteiger partial charge is 0.282 e. The second-order valence-electron chi connectivity index (χ2n) is 8.23. The Morgan fingerprint density at radius 1 is 1.17 bits per heavy atom. The summed E-state index contributed by atoms with van der Waals surface area (Å²) in [5.41, 5.74) is 0.862. The molecule has 0 saturated heterocycles. The molecule has 158 valence electrons. The fourth-order valence-corrected chi connectivity index (χ4v) is 3.63. The molecule has 0 spiro atoms. The van der Waals surface area contributed by atoms with Gasteiger partial charge >= 0.3 is 0 Å². The highest BCUT2D eigenvalue weighted by Gasteiger charge is 2.23. The molecule has 0 fully saturated rings. The van der Waals surface area contributed by atoms with Crippen LogP contribution < -0.4 is 10.3 Å². The molecule has 0 amide bonds. The lowest BCUT2D eigenvalue weighted by molar-refractivity contribution is 0.217. The molecule has 5 nitrogen and oxygen atoms in total. The Morgan fingerprint density at radius 3 is 2.50 bits per heavy atom. The van der Waals surface area contributed by atoms with Crippen LogP contribution >= 0.6 is 31.9 Å². The Balaban J connectivity index is 2.18. The molecule has 2 aromatic carbocycles. The van der Waals surface area contributed by atoms with Gasteiger partial charge in [0.1, 0.15) is 11.6 Å². The van der Waals surface area contributed by atoms with E-state index in [1.807, 2.05) is 58.0 Å². The minimum Gasteiger partial charge on any atom is -0.490 e. The summed E-state index contributed by atoms with van der Waals surface area (Å²) in [6, 6.07) is 11.3. The van der Waals surface area contributed by atoms with Crippen molar-refractivity contribution < 1.29 is 4.74 Å². The third kappa shape index (κ3) is 5.01. The van der Waals surface area contributed by atoms with E-state index in [4.69, 9.17) is 9.72 Å². The number of fused-ring (bicyclic) bond motifs is 1. The number of aromatic nitrogens is 2. The number of rotatable bonds is 5. The van der Waals surface area contributed by atoms with Crippen molar-refractivity contribution in [1.82, 2.24) is 9.66 Å². The fraction of sp³-hybridized carbons (Fsp3) is 0.348. The van der Waals surface area contributed by atoms with Gasteiger partial charge in [0.25, 0.3) is 5.56 Å². The number of halogens is 2. The van der Waals surface area contributed by atoms with Gasteiger partial charge in [-0.15, -0.1) is 0 Å². The van der Waals surface area contributed by atoms with Gasteiger partial charge in [-0.25, -0.2) is 4.98 Å². The van der Waals surface area contributed by atoms with Crippen molar-refractivity contribution in [2.75, 3.05) is 0 Å². The van der Waals surface area contributed by atoms with Crippen LogP contribution in [0.2, 0.25) is 0 Å². The van der Waals surface area contributed by atoms with Crippen LogP contribution in [0.3, 0.4) is 0 Å². The van der Waals surface area contributed by atoms with Gasteiger partial charge in [-0.2, -0.15) is 9.78 Å². The summed E-state index contributed by atoms with van der Waals surface area (Å²) in [5.74, 6) is 1.32. The zero-order chi connectivity index (χ0) is 22.1. The van der Waals surface area contributed by atoms with Crippen molar-refractivity contribution in [2.24, 2.45) is 5.10 Å². The van der Waals surface area contributed by atoms with E-state index in [0.717, 1.165) is 26.7 Å². The number of nitrogens with zero attached hydrogens (tertiary/aromatic N) is 3. The molecule has 30 heavy (non-hydrogen) atoms. The van der Waals surface area contributed by atoms with Gasteiger partial charge in [0.2, 0.25) is 0 Å². The van der Waals surface area contributed by atoms with Crippen LogP contribution in [0.15, 0.2) is 55.2 Å². The Bertz CT molecular complexity index is 1160. The third-order valence-corrected chi connectivity index (χ3v) is 5.65. The lowest BCUT2D eigenvalue weighted by Gasteiger charge is -2.21. The maximum Gasteiger partial charge on any atom is 0.282 e. The van der Waals surface area contributed by atoms with Gasteiger partial charge in [0.05, 0.1) is 23.2 Å². The van der Waals surface area contributed by atoms with Gasteiger partial charge in [-0.05, 0) is 49.7 Å². The molecule has 1 heterocycles. The Kier molecular flexibility index (Phi) is 6.82. The Labute approximate surface area is 193 Å². The first-order chi connectivity index (χ1) is 14.1. The van der Waals surface area contributed by atoms with E-state index in [1.165, 1.54) is 4.68 Å². The van der Waals surface area contributed by atoms with Gasteiger partial charge in [-0.3, -0.25) is 4.79 Å². The van der Waals surface area contributed by atoms with Crippen molar-refractivity contribution >= 4 is 49.0 Å². The normalized spacial score (nSPS) is 13.2. The highest BCUT2D eigenvalue weighted by Crippen LogP contribution is 2.25. The molecule has 1 atom stereocenters. The van der Waals surface area contributed by atoms with Crippen LogP contribution in [0.1, 0.15) is 52.4 Å². The number of ether oxygens (including phenoxy) is 1. The van der Waals surface area contributed by atoms with E-state index in [0.29, 0.717) is 16.7 Å². The van der Waals surface area contributed by atoms with Crippen LogP contribution in [0.4, 0.5) is 0 Å². The molecule has 0 unspecified atom stereocenters. The molecular weight excluding hydrogens is 510 g/mol. The van der Waals surface area contributed by atoms with E-state index in [9.17, 15) is 4.79 Å². The largest absolute Gasteiger partial charge is 0.490 e. The Hall–Kier alpha value is -1.99. The number of hydrogen-bond acceptors (Lipinski definition) is 4. The van der Waals surface area contributed by atoms with Crippen molar-refractivity contribution in [3.63, 3.8) is 0 Å². The SMILES string of the molecule is CC[C@@H](C)Oc1ccc(Br)cc1C=Nn1c(C(C)(C)C)nc2ccc(Br)cc2c1=O. The molecule has 0 N–H and O–H groups in total. The van der Waals surface area contributed by atoms with Crippen molar-refractivity contribution in [3.05, 3.63) is 67.1 Å². The van der Waals surface area contributed by atoms with E-state index in [1.54, 1.807) is 12.3 Å². The van der Waals surface area contributed by atoms with Gasteiger partial charge < -0.3 is 4.74 Å². The quantitative estimate of drug-likeness (QED) is 0.362. The fourth-order valence-electron chi connectivity index (χ4n) is 2.89. The molecule has 3 aromatic rings. The van der Waals surface area contributed by atoms with E-state index < -0.39 is 0 Å². The van der Waals surface area contributed by atoms with Crippen LogP contribution in [0.5, 0.6) is 5.75 Å². The maximum atomic E-state index is 13.3. The second kappa shape index (κ2) is 9.02. The molecule has 0 aliphatic rings. The van der Waals surface area contributed by atoms with Crippen molar-refractivity contribution in [3.8, 4) is 5.75 Å². The number of hydrogen-bond donors (Lipinski definition) is 0. The lowest BCUT2D eigenvalue weighted by atomic mass is 9.95. The summed E-state index contributed by atoms with van der Waals surface area (Å²) in [5, 5.41) is 5.07. The first-order valence-electron chi connectivity index (χ1n) is 9.83. The third-order valence-electron chi connectivity index (χ3n) is 4.67. The summed E-state index contributed by atoms with van der Waals surface area (Å²) in [6.07, 6.45) is 2.62. The van der Waals surface area contributed by atoms with Crippen LogP contribution in [-0.2, 0) is 5.41 Å². The first kappa shape index (κ1) is 22.7. The molecule has 0 radical (unpaired) electrons. The standard InChI is InChI=1S/C23H25Br2N3O2/c1-6-14(2)30-20-10-8-16(24)11-15(20)13-26-28-21(29)18-12-17(25)7-9-19(18)27-22(28)23(3,4)5/h7-14H,6H2,1-5H3/t14-/m1/s1. The zero-order valence-electron chi connectivity index (χ0n) is 17.7. The molecule has 3 rings (SSSR count). The van der Waals surface area contributed by atoms with Crippen molar-refractivity contribution in [1.29, 1.82) is 0 Å². The predicted molar refractivity (Wildman–Crippen MR) is 130 cm³/mol. The topological polar surface area (TPSA) is 56.5 Å². The van der Waals surface area contributed by atoms with Crippen LogP contribution in [0.25, 0.3) is 10.9 Å². The maximum absolute atomic E-state index is 13.3. The molecular formula is C23H25Br2N3O2. The van der Waals surface area contributed by atoms with Crippen LogP contribution in [0, 0.1) is 0 Å². The van der Waals surface area contributed by atoms with Gasteiger partial charge in [-0.1, -0.05) is 59.6 Å². The molecule has 0 bridgehead atoms. The molecule has 1 aromatic heterocycles. The highest BCUT2D eigenvalue weighted by molar-refractivity contribution is 9.10. The van der Waals surface area contributed by atoms with Gasteiger partial charge in [0.15, 0.2) is 0 Å². The average molecular weight is 535 g/mol. The first-order valence-corrected chi connectivity index (χ1v) is 11.4. The number of benzene rings is 2. The van der Waals surface area contributed by atoms with E-state index >= 15 is 0 Å². The summed E-state index contributed by atoms with van der Waals surface area (Å²) < 4.78 is 9.15. The minimum atomic E-state index is -0.370. The second-order valence-corrected chi connectivity index (χ2v) is 10.1. The molecule has 0 aliphatic carbocycles. The summed E-state index contributed by atoms with van der Waals surface area (Å²) >= 11 is 6.94. The van der Waals surface area contributed by atoms with E-state index in [2.05, 4.69) is 43.9 Å².